The number of hydrogen-bond acceptors (Lipinski definition) is 8. The minimum absolute atomic E-state index is 0.0621. The average molecular weight is 514 g/mol. The largest absolute Gasteiger partial charge is 0.437 e. The van der Waals surface area contributed by atoms with Crippen LogP contribution in [0.5, 0.6) is 11.6 Å². The first-order valence-electron chi connectivity index (χ1n) is 10.9. The molecule has 0 bridgehead atoms. The Morgan fingerprint density at radius 2 is 1.65 bits per heavy atom. The van der Waals surface area contributed by atoms with E-state index in [-0.39, 0.29) is 41.2 Å². The molecule has 184 valence electrons. The molecule has 0 saturated carbocycles. The number of nitrogens with zero attached hydrogens (tertiary/aromatic N) is 3. The summed E-state index contributed by atoms with van der Waals surface area (Å²) in [5, 5.41) is 25.7. The van der Waals surface area contributed by atoms with E-state index < -0.39 is 10.8 Å². The van der Waals surface area contributed by atoms with Gasteiger partial charge < -0.3 is 15.4 Å². The van der Waals surface area contributed by atoms with E-state index >= 15 is 0 Å². The molecule has 0 saturated heterocycles. The van der Waals surface area contributed by atoms with E-state index in [0.717, 1.165) is 22.5 Å². The first kappa shape index (κ1) is 25.0. The summed E-state index contributed by atoms with van der Waals surface area (Å²) in [6, 6.07) is 21.6. The van der Waals surface area contributed by atoms with Gasteiger partial charge in [-0.05, 0) is 29.3 Å². The minimum atomic E-state index is -0.533. The molecule has 0 fully saturated rings. The smallest absolute Gasteiger partial charge is 0.273 e. The maximum Gasteiger partial charge on any atom is 0.273 e. The third-order valence-corrected chi connectivity index (χ3v) is 6.01. The second kappa shape index (κ2) is 11.6. The molecule has 2 amide bonds. The predicted molar refractivity (Wildman–Crippen MR) is 135 cm³/mol. The number of nitrogens with one attached hydrogen (secondary N) is 2. The first-order valence-corrected chi connectivity index (χ1v) is 11.8. The highest BCUT2D eigenvalue weighted by atomic mass is 32.1. The van der Waals surface area contributed by atoms with Gasteiger partial charge in [-0.15, -0.1) is 11.3 Å². The molecular formula is C26H19N5O5S. The van der Waals surface area contributed by atoms with Crippen molar-refractivity contribution in [1.29, 1.82) is 5.26 Å². The summed E-state index contributed by atoms with van der Waals surface area (Å²) in [5.74, 6) is -0.461. The molecule has 37 heavy (non-hydrogen) atoms. The molecule has 0 atom stereocenters. The number of nitriles is 1. The number of non-ortho nitro benzene ring substituents is 1. The van der Waals surface area contributed by atoms with Crippen LogP contribution in [0.15, 0.2) is 78.3 Å². The Morgan fingerprint density at radius 3 is 2.32 bits per heavy atom. The van der Waals surface area contributed by atoms with Crippen LogP contribution in [0.25, 0.3) is 0 Å². The van der Waals surface area contributed by atoms with Crippen LogP contribution in [-0.2, 0) is 13.1 Å². The Kier molecular flexibility index (Phi) is 7.82. The van der Waals surface area contributed by atoms with Crippen LogP contribution in [0.1, 0.15) is 36.7 Å². The molecule has 0 spiro atoms. The van der Waals surface area contributed by atoms with Crippen molar-refractivity contribution in [2.45, 2.75) is 13.1 Å². The standard InChI is InChI=1S/C26H19N5O5S/c27-13-19-4-1-2-7-22(19)24(32)28-14-17-8-10-18(11-9-17)15-29-25(33)23-26(30-16-37-23)36-21-6-3-5-20(12-21)31(34)35/h1-12,16H,14-15H2,(H,28,32)(H,29,33). The number of carbonyl (C=O) groups excluding carboxylic acids is 2. The van der Waals surface area contributed by atoms with Crippen molar-refractivity contribution < 1.29 is 19.2 Å². The highest BCUT2D eigenvalue weighted by molar-refractivity contribution is 7.12. The number of aromatic nitrogens is 1. The quantitative estimate of drug-likeness (QED) is 0.246. The van der Waals surface area contributed by atoms with Gasteiger partial charge in [-0.1, -0.05) is 42.5 Å². The number of rotatable bonds is 9. The zero-order valence-corrected chi connectivity index (χ0v) is 20.0. The maximum atomic E-state index is 12.7. The Morgan fingerprint density at radius 1 is 0.973 bits per heavy atom. The number of thiazole rings is 1. The molecule has 0 aliphatic rings. The summed E-state index contributed by atoms with van der Waals surface area (Å²) in [5.41, 5.74) is 3.65. The van der Waals surface area contributed by atoms with Crippen molar-refractivity contribution >= 4 is 28.8 Å². The van der Waals surface area contributed by atoms with Gasteiger partial charge in [-0.2, -0.15) is 5.26 Å². The van der Waals surface area contributed by atoms with Gasteiger partial charge in [0.25, 0.3) is 17.5 Å². The lowest BCUT2D eigenvalue weighted by Gasteiger charge is -2.09. The Balaban J connectivity index is 1.31. The summed E-state index contributed by atoms with van der Waals surface area (Å²) < 4.78 is 5.60. The van der Waals surface area contributed by atoms with Gasteiger partial charge in [0.2, 0.25) is 5.88 Å². The second-order valence-electron chi connectivity index (χ2n) is 7.68. The normalized spacial score (nSPS) is 10.2. The molecule has 1 aromatic heterocycles. The fourth-order valence-corrected chi connectivity index (χ4v) is 3.95. The van der Waals surface area contributed by atoms with Crippen LogP contribution < -0.4 is 15.4 Å². The van der Waals surface area contributed by atoms with Gasteiger partial charge in [-0.3, -0.25) is 19.7 Å². The molecule has 11 heteroatoms. The molecule has 4 aromatic rings. The van der Waals surface area contributed by atoms with Gasteiger partial charge in [0.05, 0.1) is 33.7 Å². The third kappa shape index (κ3) is 6.33. The molecule has 3 aromatic carbocycles. The van der Waals surface area contributed by atoms with Crippen molar-refractivity contribution in [3.63, 3.8) is 0 Å². The topological polar surface area (TPSA) is 147 Å². The summed E-state index contributed by atoms with van der Waals surface area (Å²) >= 11 is 1.09. The summed E-state index contributed by atoms with van der Waals surface area (Å²) in [6.45, 7) is 0.527. The van der Waals surface area contributed by atoms with E-state index in [1.165, 1.54) is 23.7 Å². The average Bonchev–Trinajstić information content (AvgIpc) is 3.39. The monoisotopic (exact) mass is 513 g/mol. The molecule has 10 nitrogen and oxygen atoms in total. The highest BCUT2D eigenvalue weighted by Crippen LogP contribution is 2.29. The number of nitro benzene ring substituents is 1. The number of benzene rings is 3. The van der Waals surface area contributed by atoms with Crippen LogP contribution in [0.2, 0.25) is 0 Å². The van der Waals surface area contributed by atoms with E-state index in [1.807, 2.05) is 30.3 Å². The summed E-state index contributed by atoms with van der Waals surface area (Å²) in [7, 11) is 0. The minimum Gasteiger partial charge on any atom is -0.437 e. The van der Waals surface area contributed by atoms with Crippen molar-refractivity contribution in [1.82, 2.24) is 15.6 Å². The second-order valence-corrected chi connectivity index (χ2v) is 8.54. The Hall–Kier alpha value is -5.08. The van der Waals surface area contributed by atoms with Gasteiger partial charge in [0, 0.05) is 19.2 Å². The lowest BCUT2D eigenvalue weighted by Crippen LogP contribution is -2.24. The fourth-order valence-electron chi connectivity index (χ4n) is 3.33. The van der Waals surface area contributed by atoms with Gasteiger partial charge in [0.1, 0.15) is 5.75 Å². The molecule has 1 heterocycles. The number of nitro groups is 1. The van der Waals surface area contributed by atoms with Crippen LogP contribution in [-0.4, -0.2) is 21.7 Å². The molecule has 0 aliphatic heterocycles. The zero-order chi connectivity index (χ0) is 26.2. The molecule has 0 radical (unpaired) electrons. The van der Waals surface area contributed by atoms with E-state index in [1.54, 1.807) is 30.3 Å². The number of ether oxygens (including phenoxy) is 1. The van der Waals surface area contributed by atoms with Crippen molar-refractivity contribution in [3.05, 3.63) is 116 Å². The molecule has 2 N–H and O–H groups in total. The van der Waals surface area contributed by atoms with Gasteiger partial charge in [-0.25, -0.2) is 4.98 Å². The van der Waals surface area contributed by atoms with E-state index in [0.29, 0.717) is 11.1 Å². The van der Waals surface area contributed by atoms with E-state index in [4.69, 9.17) is 10.00 Å². The van der Waals surface area contributed by atoms with E-state index in [9.17, 15) is 19.7 Å². The molecular weight excluding hydrogens is 494 g/mol. The lowest BCUT2D eigenvalue weighted by atomic mass is 10.1. The van der Waals surface area contributed by atoms with Gasteiger partial charge >= 0.3 is 0 Å². The Labute approximate surface area is 215 Å². The van der Waals surface area contributed by atoms with Crippen LogP contribution in [0.4, 0.5) is 5.69 Å². The Bertz CT molecular complexity index is 1490. The maximum absolute atomic E-state index is 12.7. The third-order valence-electron chi connectivity index (χ3n) is 5.21. The van der Waals surface area contributed by atoms with Crippen LogP contribution in [0.3, 0.4) is 0 Å². The van der Waals surface area contributed by atoms with Crippen molar-refractivity contribution in [3.8, 4) is 17.7 Å². The lowest BCUT2D eigenvalue weighted by molar-refractivity contribution is -0.384. The SMILES string of the molecule is N#Cc1ccccc1C(=O)NCc1ccc(CNC(=O)c2scnc2Oc2cccc([N+](=O)[O-])c2)cc1. The van der Waals surface area contributed by atoms with Crippen LogP contribution >= 0.6 is 11.3 Å². The zero-order valence-electron chi connectivity index (χ0n) is 19.2. The number of amides is 2. The molecule has 4 rings (SSSR count). The van der Waals surface area contributed by atoms with Crippen molar-refractivity contribution in [2.24, 2.45) is 0 Å². The molecule has 0 aliphatic carbocycles. The summed E-state index contributed by atoms with van der Waals surface area (Å²) in [4.78, 5) is 39.8. The predicted octanol–water partition coefficient (Wildman–Crippen LogP) is 4.58. The van der Waals surface area contributed by atoms with E-state index in [2.05, 4.69) is 15.6 Å². The summed E-state index contributed by atoms with van der Waals surface area (Å²) in [6.07, 6.45) is 0. The first-order chi connectivity index (χ1) is 17.9. The number of carbonyl (C=O) groups is 2. The molecule has 0 unspecified atom stereocenters. The van der Waals surface area contributed by atoms with Crippen molar-refractivity contribution in [2.75, 3.05) is 0 Å². The van der Waals surface area contributed by atoms with Crippen LogP contribution in [0, 0.1) is 21.4 Å². The number of hydrogen-bond donors (Lipinski definition) is 2. The highest BCUT2D eigenvalue weighted by Gasteiger charge is 2.18. The van der Waals surface area contributed by atoms with Gasteiger partial charge in [0.15, 0.2) is 4.88 Å². The fraction of sp³-hybridized carbons (Fsp3) is 0.0769.